The third-order valence-corrected chi connectivity index (χ3v) is 4.15. The van der Waals surface area contributed by atoms with E-state index in [4.69, 9.17) is 9.47 Å². The Hall–Kier alpha value is -1.54. The fraction of sp³-hybridized carbons (Fsp3) is 0.474. The van der Waals surface area contributed by atoms with Crippen molar-refractivity contribution in [2.24, 2.45) is 0 Å². The minimum absolute atomic E-state index is 0.119. The predicted octanol–water partition coefficient (Wildman–Crippen LogP) is 5.29. The van der Waals surface area contributed by atoms with E-state index >= 15 is 0 Å². The van der Waals surface area contributed by atoms with Crippen molar-refractivity contribution >= 4 is 10.8 Å². The second-order valence-corrected chi connectivity index (χ2v) is 6.07. The zero-order valence-electron chi connectivity index (χ0n) is 13.8. The van der Waals surface area contributed by atoms with E-state index in [0.29, 0.717) is 6.61 Å². The van der Waals surface area contributed by atoms with E-state index in [0.717, 1.165) is 12.2 Å². The summed E-state index contributed by atoms with van der Waals surface area (Å²) in [6.07, 6.45) is 0.857. The van der Waals surface area contributed by atoms with E-state index in [-0.39, 0.29) is 11.7 Å². The van der Waals surface area contributed by atoms with E-state index < -0.39 is 0 Å². The molecule has 1 unspecified atom stereocenters. The zero-order chi connectivity index (χ0) is 15.5. The lowest BCUT2D eigenvalue weighted by molar-refractivity contribution is -0.0613. The lowest BCUT2D eigenvalue weighted by Gasteiger charge is -2.26. The van der Waals surface area contributed by atoms with Crippen molar-refractivity contribution in [1.29, 1.82) is 0 Å². The normalized spacial score (nSPS) is 13.4. The molecule has 2 aromatic rings. The molecule has 114 valence electrons. The van der Waals surface area contributed by atoms with Gasteiger partial charge in [-0.25, -0.2) is 0 Å². The minimum atomic E-state index is -0.228. The van der Waals surface area contributed by atoms with E-state index in [9.17, 15) is 0 Å². The first kappa shape index (κ1) is 15.8. The Bertz CT molecular complexity index is 602. The molecule has 0 amide bonds. The van der Waals surface area contributed by atoms with Gasteiger partial charge in [-0.05, 0) is 54.2 Å². The molecular formula is C19H26O2. The maximum atomic E-state index is 5.92. The van der Waals surface area contributed by atoms with Gasteiger partial charge in [0.2, 0.25) is 0 Å². The Morgan fingerprint density at radius 2 is 1.81 bits per heavy atom. The fourth-order valence-electron chi connectivity index (χ4n) is 2.56. The van der Waals surface area contributed by atoms with Crippen molar-refractivity contribution in [2.45, 2.75) is 52.7 Å². The molecule has 2 aromatic carbocycles. The molecule has 1 atom stereocenters. The fourth-order valence-corrected chi connectivity index (χ4v) is 2.56. The Balaban J connectivity index is 2.49. The van der Waals surface area contributed by atoms with Crippen molar-refractivity contribution in [3.05, 3.63) is 42.0 Å². The van der Waals surface area contributed by atoms with Crippen LogP contribution in [0.15, 0.2) is 36.4 Å². The second kappa shape index (κ2) is 6.48. The van der Waals surface area contributed by atoms with Crippen LogP contribution in [0, 0.1) is 0 Å². The van der Waals surface area contributed by atoms with Crippen molar-refractivity contribution in [3.63, 3.8) is 0 Å². The van der Waals surface area contributed by atoms with Crippen LogP contribution in [-0.2, 0) is 10.2 Å². The molecule has 0 aliphatic carbocycles. The second-order valence-electron chi connectivity index (χ2n) is 6.07. The lowest BCUT2D eigenvalue weighted by atomic mass is 9.79. The third kappa shape index (κ3) is 3.56. The summed E-state index contributed by atoms with van der Waals surface area (Å²) in [7, 11) is 0. The molecule has 0 aromatic heterocycles. The van der Waals surface area contributed by atoms with Crippen LogP contribution >= 0.6 is 0 Å². The molecule has 0 heterocycles. The van der Waals surface area contributed by atoms with E-state index in [2.05, 4.69) is 57.2 Å². The molecule has 0 aliphatic heterocycles. The van der Waals surface area contributed by atoms with E-state index in [1.165, 1.54) is 16.3 Å². The molecule has 0 bridgehead atoms. The van der Waals surface area contributed by atoms with Gasteiger partial charge < -0.3 is 9.47 Å². The Morgan fingerprint density at radius 3 is 2.48 bits per heavy atom. The molecule has 0 saturated carbocycles. The molecule has 0 radical (unpaired) electrons. The topological polar surface area (TPSA) is 18.5 Å². The highest BCUT2D eigenvalue weighted by atomic mass is 16.7. The Kier molecular flexibility index (Phi) is 4.89. The molecular weight excluding hydrogens is 260 g/mol. The van der Waals surface area contributed by atoms with Crippen LogP contribution in [0.2, 0.25) is 0 Å². The highest BCUT2D eigenvalue weighted by Gasteiger charge is 2.22. The number of ether oxygens (including phenoxy) is 2. The summed E-state index contributed by atoms with van der Waals surface area (Å²) < 4.78 is 11.4. The largest absolute Gasteiger partial charge is 0.465 e. The number of rotatable bonds is 6. The van der Waals surface area contributed by atoms with Crippen LogP contribution < -0.4 is 4.74 Å². The van der Waals surface area contributed by atoms with Gasteiger partial charge in [0.25, 0.3) is 0 Å². The number of hydrogen-bond donors (Lipinski definition) is 0. The smallest absolute Gasteiger partial charge is 0.196 e. The molecule has 2 nitrogen and oxygen atoms in total. The quantitative estimate of drug-likeness (QED) is 0.672. The molecule has 2 rings (SSSR count). The van der Waals surface area contributed by atoms with Crippen molar-refractivity contribution in [2.75, 3.05) is 6.61 Å². The van der Waals surface area contributed by atoms with Gasteiger partial charge >= 0.3 is 0 Å². The Morgan fingerprint density at radius 1 is 1.10 bits per heavy atom. The maximum absolute atomic E-state index is 5.92. The minimum Gasteiger partial charge on any atom is -0.465 e. The van der Waals surface area contributed by atoms with Crippen LogP contribution in [0.3, 0.4) is 0 Å². The molecule has 2 heteroatoms. The summed E-state index contributed by atoms with van der Waals surface area (Å²) in [6, 6.07) is 12.8. The first-order valence-corrected chi connectivity index (χ1v) is 7.79. The molecule has 0 saturated heterocycles. The standard InChI is InChI=1S/C19H26O2/c1-6-19(4,5)18-13-16(21-14(3)20-7-2)12-15-10-8-9-11-17(15)18/h8-14H,6-7H2,1-5H3. The zero-order valence-corrected chi connectivity index (χ0v) is 13.8. The van der Waals surface area contributed by atoms with Gasteiger partial charge in [-0.3, -0.25) is 0 Å². The van der Waals surface area contributed by atoms with E-state index in [1.807, 2.05) is 13.8 Å². The van der Waals surface area contributed by atoms with Crippen molar-refractivity contribution < 1.29 is 9.47 Å². The van der Waals surface area contributed by atoms with Gasteiger partial charge in [0.05, 0.1) is 0 Å². The van der Waals surface area contributed by atoms with Gasteiger partial charge in [0, 0.05) is 6.61 Å². The molecule has 0 aliphatic rings. The van der Waals surface area contributed by atoms with Gasteiger partial charge in [-0.15, -0.1) is 0 Å². The first-order chi connectivity index (χ1) is 9.97. The molecule has 21 heavy (non-hydrogen) atoms. The predicted molar refractivity (Wildman–Crippen MR) is 89.0 cm³/mol. The summed E-state index contributed by atoms with van der Waals surface area (Å²) in [6.45, 7) is 11.4. The number of fused-ring (bicyclic) bond motifs is 1. The van der Waals surface area contributed by atoms with Gasteiger partial charge in [-0.1, -0.05) is 45.0 Å². The average Bonchev–Trinajstić information content (AvgIpc) is 2.46. The van der Waals surface area contributed by atoms with Crippen molar-refractivity contribution in [3.8, 4) is 5.75 Å². The van der Waals surface area contributed by atoms with Crippen LogP contribution in [0.4, 0.5) is 0 Å². The molecule has 0 fully saturated rings. The summed E-state index contributed by atoms with van der Waals surface area (Å²) in [5, 5.41) is 2.52. The van der Waals surface area contributed by atoms with Crippen LogP contribution in [-0.4, -0.2) is 12.9 Å². The van der Waals surface area contributed by atoms with Gasteiger partial charge in [0.1, 0.15) is 5.75 Å². The lowest BCUT2D eigenvalue weighted by Crippen LogP contribution is -2.18. The van der Waals surface area contributed by atoms with Gasteiger partial charge in [0.15, 0.2) is 6.29 Å². The van der Waals surface area contributed by atoms with Crippen LogP contribution in [0.5, 0.6) is 5.75 Å². The van der Waals surface area contributed by atoms with Crippen LogP contribution in [0.25, 0.3) is 10.8 Å². The average molecular weight is 286 g/mol. The summed E-state index contributed by atoms with van der Waals surface area (Å²) in [4.78, 5) is 0. The third-order valence-electron chi connectivity index (χ3n) is 4.15. The Labute approximate surface area is 128 Å². The number of hydrogen-bond acceptors (Lipinski definition) is 2. The SMILES string of the molecule is CCOC(C)Oc1cc(C(C)(C)CC)c2ccccc2c1. The summed E-state index contributed by atoms with van der Waals surface area (Å²) in [5.41, 5.74) is 1.45. The maximum Gasteiger partial charge on any atom is 0.196 e. The van der Waals surface area contributed by atoms with Crippen molar-refractivity contribution in [1.82, 2.24) is 0 Å². The highest BCUT2D eigenvalue weighted by molar-refractivity contribution is 5.88. The van der Waals surface area contributed by atoms with E-state index in [1.54, 1.807) is 0 Å². The summed E-state index contributed by atoms with van der Waals surface area (Å²) >= 11 is 0. The van der Waals surface area contributed by atoms with Gasteiger partial charge in [-0.2, -0.15) is 0 Å². The highest BCUT2D eigenvalue weighted by Crippen LogP contribution is 2.36. The number of benzene rings is 2. The van der Waals surface area contributed by atoms with Crippen LogP contribution in [0.1, 0.15) is 46.6 Å². The molecule has 0 N–H and O–H groups in total. The first-order valence-electron chi connectivity index (χ1n) is 7.79. The monoisotopic (exact) mass is 286 g/mol. The summed E-state index contributed by atoms with van der Waals surface area (Å²) in [5.74, 6) is 0.881. The molecule has 0 spiro atoms.